The van der Waals surface area contributed by atoms with Crippen molar-refractivity contribution in [3.05, 3.63) is 35.9 Å². The van der Waals surface area contributed by atoms with E-state index in [1.807, 2.05) is 18.2 Å². The molecule has 1 atom stereocenters. The van der Waals surface area contributed by atoms with Crippen LogP contribution in [0.4, 0.5) is 0 Å². The number of amides is 1. The molecule has 1 heterocycles. The molecule has 0 aliphatic carbocycles. The normalized spacial score (nSPS) is 19.0. The molecule has 1 amide bonds. The second-order valence-electron chi connectivity index (χ2n) is 5.79. The van der Waals surface area contributed by atoms with E-state index in [1.54, 1.807) is 11.8 Å². The van der Waals surface area contributed by atoms with Gasteiger partial charge in [-0.05, 0) is 42.8 Å². The first-order valence-electron chi connectivity index (χ1n) is 7.79. The van der Waals surface area contributed by atoms with Gasteiger partial charge in [0.1, 0.15) is 5.60 Å². The predicted molar refractivity (Wildman–Crippen MR) is 88.5 cm³/mol. The van der Waals surface area contributed by atoms with Gasteiger partial charge in [0, 0.05) is 6.04 Å². The number of thioether (sulfide) groups is 1. The van der Waals surface area contributed by atoms with Crippen molar-refractivity contribution in [1.82, 2.24) is 5.32 Å². The second-order valence-corrected chi connectivity index (χ2v) is 7.02. The molecule has 3 nitrogen and oxygen atoms in total. The molecule has 4 heteroatoms. The van der Waals surface area contributed by atoms with E-state index in [2.05, 4.69) is 24.4 Å². The Kier molecular flexibility index (Phi) is 6.12. The van der Waals surface area contributed by atoms with Gasteiger partial charge < -0.3 is 10.4 Å². The predicted octanol–water partition coefficient (Wildman–Crippen LogP) is 2.77. The smallest absolute Gasteiger partial charge is 0.252 e. The maximum Gasteiger partial charge on any atom is 0.252 e. The van der Waals surface area contributed by atoms with Crippen LogP contribution in [0.1, 0.15) is 38.2 Å². The van der Waals surface area contributed by atoms with Crippen LogP contribution in [0.5, 0.6) is 0 Å². The van der Waals surface area contributed by atoms with Crippen molar-refractivity contribution in [2.45, 2.75) is 50.7 Å². The first-order valence-corrected chi connectivity index (χ1v) is 8.94. The monoisotopic (exact) mass is 307 g/mol. The Bertz CT molecular complexity index is 443. The average molecular weight is 307 g/mol. The molecule has 0 aromatic heterocycles. The number of benzene rings is 1. The van der Waals surface area contributed by atoms with Crippen LogP contribution in [0.15, 0.2) is 30.3 Å². The minimum Gasteiger partial charge on any atom is -0.380 e. The summed E-state index contributed by atoms with van der Waals surface area (Å²) in [5.74, 6) is 1.54. The molecule has 21 heavy (non-hydrogen) atoms. The summed E-state index contributed by atoms with van der Waals surface area (Å²) >= 11 is 1.81. The average Bonchev–Trinajstić information content (AvgIpc) is 2.49. The standard InChI is InChI=1S/C17H25NO2S/c1-2-6-15(13-14-7-4-3-5-8-14)18-16(19)17(20)9-11-21-12-10-17/h3-5,7-8,15,20H,2,6,9-13H2,1H3,(H,18,19). The Labute approximate surface area is 131 Å². The van der Waals surface area contributed by atoms with E-state index in [0.29, 0.717) is 12.8 Å². The Morgan fingerprint density at radius 3 is 2.62 bits per heavy atom. The van der Waals surface area contributed by atoms with E-state index >= 15 is 0 Å². The van der Waals surface area contributed by atoms with E-state index in [1.165, 1.54) is 5.56 Å². The van der Waals surface area contributed by atoms with Crippen LogP contribution in [0.2, 0.25) is 0 Å². The third-order valence-electron chi connectivity index (χ3n) is 4.04. The highest BCUT2D eigenvalue weighted by molar-refractivity contribution is 7.99. The quantitative estimate of drug-likeness (QED) is 0.849. The lowest BCUT2D eigenvalue weighted by Gasteiger charge is -2.32. The summed E-state index contributed by atoms with van der Waals surface area (Å²) in [6, 6.07) is 10.3. The van der Waals surface area contributed by atoms with Crippen LogP contribution in [0, 0.1) is 0 Å². The van der Waals surface area contributed by atoms with E-state index < -0.39 is 5.60 Å². The van der Waals surface area contributed by atoms with Crippen LogP contribution in [0.25, 0.3) is 0 Å². The van der Waals surface area contributed by atoms with Gasteiger partial charge in [-0.25, -0.2) is 0 Å². The minimum absolute atomic E-state index is 0.100. The van der Waals surface area contributed by atoms with Crippen molar-refractivity contribution in [3.63, 3.8) is 0 Å². The first kappa shape index (κ1) is 16.4. The van der Waals surface area contributed by atoms with Crippen LogP contribution in [-0.4, -0.2) is 34.2 Å². The van der Waals surface area contributed by atoms with Gasteiger partial charge in [-0.3, -0.25) is 4.79 Å². The van der Waals surface area contributed by atoms with Crippen LogP contribution in [-0.2, 0) is 11.2 Å². The molecule has 1 aromatic carbocycles. The number of carbonyl (C=O) groups excluding carboxylic acids is 1. The molecule has 0 saturated carbocycles. The van der Waals surface area contributed by atoms with Gasteiger partial charge in [0.2, 0.25) is 0 Å². The van der Waals surface area contributed by atoms with E-state index in [-0.39, 0.29) is 11.9 Å². The number of hydrogen-bond donors (Lipinski definition) is 2. The summed E-state index contributed by atoms with van der Waals surface area (Å²) in [5, 5.41) is 13.6. The summed E-state index contributed by atoms with van der Waals surface area (Å²) in [4.78, 5) is 12.4. The second kappa shape index (κ2) is 7.85. The molecular weight excluding hydrogens is 282 g/mol. The van der Waals surface area contributed by atoms with Gasteiger partial charge in [0.05, 0.1) is 0 Å². The SMILES string of the molecule is CCCC(Cc1ccccc1)NC(=O)C1(O)CCSCC1. The fourth-order valence-electron chi connectivity index (χ4n) is 2.73. The van der Waals surface area contributed by atoms with Crippen molar-refractivity contribution in [3.8, 4) is 0 Å². The van der Waals surface area contributed by atoms with E-state index in [9.17, 15) is 9.90 Å². The molecule has 1 unspecified atom stereocenters. The van der Waals surface area contributed by atoms with Crippen LogP contribution < -0.4 is 5.32 Å². The molecule has 1 aliphatic heterocycles. The fraction of sp³-hybridized carbons (Fsp3) is 0.588. The van der Waals surface area contributed by atoms with Crippen molar-refractivity contribution in [1.29, 1.82) is 0 Å². The first-order chi connectivity index (χ1) is 10.1. The number of carbonyl (C=O) groups is 1. The Morgan fingerprint density at radius 2 is 2.00 bits per heavy atom. The van der Waals surface area contributed by atoms with E-state index in [0.717, 1.165) is 30.8 Å². The zero-order chi connectivity index (χ0) is 15.1. The maximum atomic E-state index is 12.4. The number of hydrogen-bond acceptors (Lipinski definition) is 3. The fourth-order valence-corrected chi connectivity index (χ4v) is 3.90. The molecule has 1 saturated heterocycles. The molecule has 0 radical (unpaired) electrons. The summed E-state index contributed by atoms with van der Waals surface area (Å²) in [7, 11) is 0. The largest absolute Gasteiger partial charge is 0.380 e. The van der Waals surface area contributed by atoms with Gasteiger partial charge in [0.25, 0.3) is 5.91 Å². The van der Waals surface area contributed by atoms with Crippen molar-refractivity contribution < 1.29 is 9.90 Å². The summed E-state index contributed by atoms with van der Waals surface area (Å²) in [5.41, 5.74) is 0.0657. The lowest BCUT2D eigenvalue weighted by Crippen LogP contribution is -2.52. The third-order valence-corrected chi connectivity index (χ3v) is 5.03. The number of rotatable bonds is 6. The Hall–Kier alpha value is -1.000. The van der Waals surface area contributed by atoms with Crippen LogP contribution in [0.3, 0.4) is 0 Å². The summed E-state index contributed by atoms with van der Waals surface area (Å²) in [6.07, 6.45) is 3.91. The van der Waals surface area contributed by atoms with Gasteiger partial charge >= 0.3 is 0 Å². The van der Waals surface area contributed by atoms with Crippen molar-refractivity contribution in [2.75, 3.05) is 11.5 Å². The zero-order valence-electron chi connectivity index (χ0n) is 12.7. The highest BCUT2D eigenvalue weighted by atomic mass is 32.2. The van der Waals surface area contributed by atoms with Gasteiger partial charge in [-0.2, -0.15) is 11.8 Å². The third kappa shape index (κ3) is 4.75. The molecule has 2 N–H and O–H groups in total. The lowest BCUT2D eigenvalue weighted by atomic mass is 9.94. The lowest BCUT2D eigenvalue weighted by molar-refractivity contribution is -0.141. The Morgan fingerprint density at radius 1 is 1.33 bits per heavy atom. The molecule has 1 aliphatic rings. The summed E-state index contributed by atoms with van der Waals surface area (Å²) in [6.45, 7) is 2.12. The van der Waals surface area contributed by atoms with Gasteiger partial charge in [0.15, 0.2) is 0 Å². The Balaban J connectivity index is 1.97. The zero-order valence-corrected chi connectivity index (χ0v) is 13.5. The molecule has 0 bridgehead atoms. The number of aliphatic hydroxyl groups is 1. The minimum atomic E-state index is -1.16. The molecule has 1 fully saturated rings. The van der Waals surface area contributed by atoms with Gasteiger partial charge in [-0.1, -0.05) is 43.7 Å². The summed E-state index contributed by atoms with van der Waals surface area (Å²) < 4.78 is 0. The number of nitrogens with one attached hydrogen (secondary N) is 1. The molecular formula is C17H25NO2S. The maximum absolute atomic E-state index is 12.4. The van der Waals surface area contributed by atoms with Crippen molar-refractivity contribution in [2.24, 2.45) is 0 Å². The highest BCUT2D eigenvalue weighted by Crippen LogP contribution is 2.27. The molecule has 2 rings (SSSR count). The van der Waals surface area contributed by atoms with E-state index in [4.69, 9.17) is 0 Å². The van der Waals surface area contributed by atoms with Crippen LogP contribution >= 0.6 is 11.8 Å². The molecule has 116 valence electrons. The highest BCUT2D eigenvalue weighted by Gasteiger charge is 2.38. The molecule has 1 aromatic rings. The topological polar surface area (TPSA) is 49.3 Å². The molecule has 0 spiro atoms. The van der Waals surface area contributed by atoms with Crippen molar-refractivity contribution >= 4 is 17.7 Å². The van der Waals surface area contributed by atoms with Gasteiger partial charge in [-0.15, -0.1) is 0 Å².